The number of ether oxygens (including phenoxy) is 1. The lowest BCUT2D eigenvalue weighted by molar-refractivity contribution is 0.0981. The number of carbonyl (C=O) groups is 1. The van der Waals surface area contributed by atoms with Crippen molar-refractivity contribution in [3.63, 3.8) is 0 Å². The van der Waals surface area contributed by atoms with Gasteiger partial charge in [0.2, 0.25) is 10.0 Å². The largest absolute Gasteiger partial charge is 0.495 e. The average molecular weight is 467 g/mol. The number of methoxy groups -OCH3 is 1. The highest BCUT2D eigenvalue weighted by molar-refractivity contribution is 9.10. The number of fused-ring (bicyclic) bond motifs is 1. The highest BCUT2D eigenvalue weighted by atomic mass is 79.9. The number of nitrogens with zero attached hydrogens (tertiary/aromatic N) is 1. The third kappa shape index (κ3) is 3.94. The van der Waals surface area contributed by atoms with Gasteiger partial charge in [0.15, 0.2) is 0 Å². The first kappa shape index (κ1) is 20.8. The van der Waals surface area contributed by atoms with Gasteiger partial charge in [-0.2, -0.15) is 0 Å². The molecule has 8 heteroatoms. The number of amides is 1. The molecule has 0 radical (unpaired) electrons. The highest BCUT2D eigenvalue weighted by Crippen LogP contribution is 2.36. The zero-order valence-electron chi connectivity index (χ0n) is 16.0. The molecule has 0 saturated carbocycles. The third-order valence-electron chi connectivity index (χ3n) is 4.72. The Hall–Kier alpha value is -1.90. The molecule has 3 rings (SSSR count). The number of rotatable bonds is 6. The Morgan fingerprint density at radius 3 is 2.71 bits per heavy atom. The number of anilines is 1. The molecule has 1 unspecified atom stereocenters. The molecule has 0 bridgehead atoms. The maximum atomic E-state index is 13.3. The SMILES string of the molecule is CCCNS(=O)(=O)c1cc(C(=O)N2c3ccc(Br)cc3CC2C)ccc1OC. The van der Waals surface area contributed by atoms with Crippen molar-refractivity contribution in [1.82, 2.24) is 4.72 Å². The summed E-state index contributed by atoms with van der Waals surface area (Å²) in [5.41, 5.74) is 2.24. The van der Waals surface area contributed by atoms with Crippen LogP contribution in [0.1, 0.15) is 36.2 Å². The Balaban J connectivity index is 2.01. The molecule has 2 aromatic rings. The van der Waals surface area contributed by atoms with E-state index in [4.69, 9.17) is 4.74 Å². The van der Waals surface area contributed by atoms with E-state index in [1.807, 2.05) is 32.0 Å². The molecular weight excluding hydrogens is 444 g/mol. The molecule has 1 aliphatic rings. The van der Waals surface area contributed by atoms with Crippen molar-refractivity contribution in [3.05, 3.63) is 52.0 Å². The second-order valence-electron chi connectivity index (χ2n) is 6.76. The minimum Gasteiger partial charge on any atom is -0.495 e. The second kappa shape index (κ2) is 8.23. The quantitative estimate of drug-likeness (QED) is 0.703. The number of sulfonamides is 1. The third-order valence-corrected chi connectivity index (χ3v) is 6.69. The fourth-order valence-electron chi connectivity index (χ4n) is 3.38. The maximum absolute atomic E-state index is 13.3. The zero-order valence-corrected chi connectivity index (χ0v) is 18.4. The van der Waals surface area contributed by atoms with E-state index in [-0.39, 0.29) is 22.6 Å². The highest BCUT2D eigenvalue weighted by Gasteiger charge is 2.32. The van der Waals surface area contributed by atoms with Crippen LogP contribution in [0.4, 0.5) is 5.69 Å². The Kier molecular flexibility index (Phi) is 6.12. The van der Waals surface area contributed by atoms with Gasteiger partial charge in [0, 0.05) is 28.3 Å². The Morgan fingerprint density at radius 1 is 1.29 bits per heavy atom. The van der Waals surface area contributed by atoms with E-state index in [9.17, 15) is 13.2 Å². The number of benzene rings is 2. The summed E-state index contributed by atoms with van der Waals surface area (Å²) in [6.07, 6.45) is 1.41. The predicted octanol–water partition coefficient (Wildman–Crippen LogP) is 3.74. The molecule has 6 nitrogen and oxygen atoms in total. The molecule has 150 valence electrons. The lowest BCUT2D eigenvalue weighted by atomic mass is 10.1. The van der Waals surface area contributed by atoms with Gasteiger partial charge in [0.25, 0.3) is 5.91 Å². The van der Waals surface area contributed by atoms with Crippen molar-refractivity contribution < 1.29 is 17.9 Å². The van der Waals surface area contributed by atoms with Crippen LogP contribution in [0.2, 0.25) is 0 Å². The van der Waals surface area contributed by atoms with Gasteiger partial charge in [-0.25, -0.2) is 13.1 Å². The van der Waals surface area contributed by atoms with Crippen molar-refractivity contribution in [3.8, 4) is 5.75 Å². The zero-order chi connectivity index (χ0) is 20.5. The summed E-state index contributed by atoms with van der Waals surface area (Å²) in [6, 6.07) is 10.3. The second-order valence-corrected chi connectivity index (χ2v) is 9.42. The summed E-state index contributed by atoms with van der Waals surface area (Å²) >= 11 is 3.46. The normalized spacial score (nSPS) is 16.1. The molecule has 1 amide bonds. The van der Waals surface area contributed by atoms with E-state index < -0.39 is 10.0 Å². The number of hydrogen-bond acceptors (Lipinski definition) is 4. The van der Waals surface area contributed by atoms with E-state index in [0.29, 0.717) is 18.5 Å². The van der Waals surface area contributed by atoms with Crippen molar-refractivity contribution in [2.45, 2.75) is 37.6 Å². The molecule has 0 aliphatic carbocycles. The summed E-state index contributed by atoms with van der Waals surface area (Å²) in [5, 5.41) is 0. The minimum atomic E-state index is -3.78. The smallest absolute Gasteiger partial charge is 0.258 e. The monoisotopic (exact) mass is 466 g/mol. The average Bonchev–Trinajstić information content (AvgIpc) is 3.00. The molecule has 2 aromatic carbocycles. The van der Waals surface area contributed by atoms with Crippen LogP contribution in [0.3, 0.4) is 0 Å². The van der Waals surface area contributed by atoms with Crippen molar-refractivity contribution in [2.75, 3.05) is 18.6 Å². The molecule has 0 aromatic heterocycles. The lowest BCUT2D eigenvalue weighted by Crippen LogP contribution is -2.36. The van der Waals surface area contributed by atoms with E-state index in [1.54, 1.807) is 11.0 Å². The fourth-order valence-corrected chi connectivity index (χ4v) is 5.12. The van der Waals surface area contributed by atoms with Gasteiger partial charge in [0.1, 0.15) is 10.6 Å². The van der Waals surface area contributed by atoms with Gasteiger partial charge < -0.3 is 9.64 Å². The Labute approximate surface area is 174 Å². The van der Waals surface area contributed by atoms with Crippen LogP contribution in [0.15, 0.2) is 45.8 Å². The van der Waals surface area contributed by atoms with Crippen LogP contribution in [0.5, 0.6) is 5.75 Å². The molecular formula is C20H23BrN2O4S. The first-order chi connectivity index (χ1) is 13.3. The topological polar surface area (TPSA) is 75.7 Å². The van der Waals surface area contributed by atoms with Crippen molar-refractivity contribution in [1.29, 1.82) is 0 Å². The summed E-state index contributed by atoms with van der Waals surface area (Å²) in [7, 11) is -2.37. The molecule has 0 saturated heterocycles. The standard InChI is InChI=1S/C20H23BrN2O4S/c1-4-9-22-28(25,26)19-12-14(5-8-18(19)27-3)20(24)23-13(2)10-15-11-16(21)6-7-17(15)23/h5-8,11-13,22H,4,9-10H2,1-3H3. The van der Waals surface area contributed by atoms with Crippen LogP contribution in [-0.4, -0.2) is 34.0 Å². The van der Waals surface area contributed by atoms with Gasteiger partial charge in [-0.05, 0) is 61.7 Å². The molecule has 1 N–H and O–H groups in total. The van der Waals surface area contributed by atoms with Gasteiger partial charge >= 0.3 is 0 Å². The number of hydrogen-bond donors (Lipinski definition) is 1. The molecule has 1 aliphatic heterocycles. The van der Waals surface area contributed by atoms with Gasteiger partial charge in [-0.1, -0.05) is 22.9 Å². The van der Waals surface area contributed by atoms with E-state index in [2.05, 4.69) is 20.7 Å². The lowest BCUT2D eigenvalue weighted by Gasteiger charge is -2.23. The first-order valence-corrected chi connectivity index (χ1v) is 11.4. The van der Waals surface area contributed by atoms with Gasteiger partial charge in [-0.3, -0.25) is 4.79 Å². The molecule has 28 heavy (non-hydrogen) atoms. The van der Waals surface area contributed by atoms with Crippen LogP contribution >= 0.6 is 15.9 Å². The number of nitrogens with one attached hydrogen (secondary N) is 1. The molecule has 0 fully saturated rings. The summed E-state index contributed by atoms with van der Waals surface area (Å²) in [5.74, 6) is -0.0258. The molecule has 0 spiro atoms. The first-order valence-electron chi connectivity index (χ1n) is 9.08. The Morgan fingerprint density at radius 2 is 2.04 bits per heavy atom. The Bertz CT molecular complexity index is 1010. The fraction of sp³-hybridized carbons (Fsp3) is 0.350. The van der Waals surface area contributed by atoms with Gasteiger partial charge in [0.05, 0.1) is 7.11 Å². The maximum Gasteiger partial charge on any atom is 0.258 e. The van der Waals surface area contributed by atoms with Crippen molar-refractivity contribution >= 4 is 37.5 Å². The molecule has 1 heterocycles. The van der Waals surface area contributed by atoms with E-state index >= 15 is 0 Å². The van der Waals surface area contributed by atoms with Crippen LogP contribution in [0.25, 0.3) is 0 Å². The summed E-state index contributed by atoms with van der Waals surface area (Å²) in [6.45, 7) is 4.18. The van der Waals surface area contributed by atoms with Crippen molar-refractivity contribution in [2.24, 2.45) is 0 Å². The van der Waals surface area contributed by atoms with Crippen LogP contribution in [0, 0.1) is 0 Å². The summed E-state index contributed by atoms with van der Waals surface area (Å²) in [4.78, 5) is 14.9. The number of halogens is 1. The number of carbonyl (C=O) groups excluding carboxylic acids is 1. The minimum absolute atomic E-state index is 0.0165. The van der Waals surface area contributed by atoms with E-state index in [0.717, 1.165) is 22.1 Å². The predicted molar refractivity (Wildman–Crippen MR) is 113 cm³/mol. The van der Waals surface area contributed by atoms with Gasteiger partial charge in [-0.15, -0.1) is 0 Å². The van der Waals surface area contributed by atoms with E-state index in [1.165, 1.54) is 19.2 Å². The van der Waals surface area contributed by atoms with Crippen LogP contribution < -0.4 is 14.4 Å². The molecule has 1 atom stereocenters. The summed E-state index contributed by atoms with van der Waals surface area (Å²) < 4.78 is 34.0. The van der Waals surface area contributed by atoms with Crippen LogP contribution in [-0.2, 0) is 16.4 Å².